The highest BCUT2D eigenvalue weighted by atomic mass is 19.1. The maximum Gasteiger partial charge on any atom is 0.218 e. The predicted octanol–water partition coefficient (Wildman–Crippen LogP) is 1.54. The van der Waals surface area contributed by atoms with Crippen molar-refractivity contribution in [1.82, 2.24) is 9.88 Å². The van der Waals surface area contributed by atoms with Gasteiger partial charge in [-0.2, -0.15) is 0 Å². The average molecular weight is 253 g/mol. The fourth-order valence-electron chi connectivity index (χ4n) is 2.38. The summed E-state index contributed by atoms with van der Waals surface area (Å²) >= 11 is 0. The summed E-state index contributed by atoms with van der Waals surface area (Å²) in [5.41, 5.74) is 6.16. The lowest BCUT2D eigenvalue weighted by molar-refractivity contribution is 0.227. The minimum Gasteiger partial charge on any atom is -0.477 e. The third-order valence-corrected chi connectivity index (χ3v) is 3.47. The van der Waals surface area contributed by atoms with Crippen molar-refractivity contribution in [3.05, 3.63) is 23.6 Å². The molecule has 2 rings (SSSR count). The lowest BCUT2D eigenvalue weighted by Gasteiger charge is -2.19. The molecule has 1 aliphatic rings. The van der Waals surface area contributed by atoms with Crippen molar-refractivity contribution in [2.45, 2.75) is 31.8 Å². The normalized spacial score (nSPS) is 20.3. The van der Waals surface area contributed by atoms with E-state index in [1.807, 2.05) is 0 Å². The van der Waals surface area contributed by atoms with Crippen LogP contribution in [0.1, 0.15) is 24.8 Å². The Balaban J connectivity index is 1.86. The van der Waals surface area contributed by atoms with E-state index in [2.05, 4.69) is 16.9 Å². The van der Waals surface area contributed by atoms with Crippen LogP contribution in [0.5, 0.6) is 5.88 Å². The monoisotopic (exact) mass is 253 g/mol. The zero-order valence-electron chi connectivity index (χ0n) is 10.7. The number of rotatable bonds is 5. The molecule has 100 valence electrons. The van der Waals surface area contributed by atoms with Crippen molar-refractivity contribution >= 4 is 0 Å². The molecule has 1 unspecified atom stereocenters. The number of hydrogen-bond acceptors (Lipinski definition) is 4. The van der Waals surface area contributed by atoms with Crippen LogP contribution in [0.3, 0.4) is 0 Å². The Labute approximate surface area is 107 Å². The number of pyridine rings is 1. The van der Waals surface area contributed by atoms with E-state index in [1.54, 1.807) is 0 Å². The predicted molar refractivity (Wildman–Crippen MR) is 67.9 cm³/mol. The summed E-state index contributed by atoms with van der Waals surface area (Å²) in [6.45, 7) is 2.00. The quantitative estimate of drug-likeness (QED) is 0.865. The molecule has 0 spiro atoms. The molecular formula is C13H20FN3O. The van der Waals surface area contributed by atoms with Gasteiger partial charge < -0.3 is 15.4 Å². The lowest BCUT2D eigenvalue weighted by Crippen LogP contribution is -2.26. The maximum atomic E-state index is 13.0. The molecule has 2 N–H and O–H groups in total. The SMILES string of the molecule is CN1CCCC1CCOc1ncc(F)cc1CN. The summed E-state index contributed by atoms with van der Waals surface area (Å²) in [4.78, 5) is 6.29. The zero-order valence-corrected chi connectivity index (χ0v) is 10.7. The molecule has 18 heavy (non-hydrogen) atoms. The molecule has 0 aromatic carbocycles. The first kappa shape index (κ1) is 13.2. The molecule has 1 saturated heterocycles. The van der Waals surface area contributed by atoms with Crippen molar-refractivity contribution in [1.29, 1.82) is 0 Å². The smallest absolute Gasteiger partial charge is 0.218 e. The number of halogens is 1. The van der Waals surface area contributed by atoms with E-state index in [9.17, 15) is 4.39 Å². The zero-order chi connectivity index (χ0) is 13.0. The minimum atomic E-state index is -0.377. The highest BCUT2D eigenvalue weighted by Crippen LogP contribution is 2.19. The fraction of sp³-hybridized carbons (Fsp3) is 0.615. The van der Waals surface area contributed by atoms with Crippen LogP contribution in [0, 0.1) is 5.82 Å². The van der Waals surface area contributed by atoms with Crippen LogP contribution >= 0.6 is 0 Å². The number of nitrogens with two attached hydrogens (primary N) is 1. The van der Waals surface area contributed by atoms with Crippen molar-refractivity contribution in [3.63, 3.8) is 0 Å². The van der Waals surface area contributed by atoms with Crippen LogP contribution in [-0.4, -0.2) is 36.1 Å². The highest BCUT2D eigenvalue weighted by Gasteiger charge is 2.20. The second-order valence-corrected chi connectivity index (χ2v) is 4.74. The minimum absolute atomic E-state index is 0.240. The Hall–Kier alpha value is -1.20. The van der Waals surface area contributed by atoms with Gasteiger partial charge in [-0.3, -0.25) is 0 Å². The number of nitrogens with zero attached hydrogens (tertiary/aromatic N) is 2. The third-order valence-electron chi connectivity index (χ3n) is 3.47. The van der Waals surface area contributed by atoms with E-state index in [4.69, 9.17) is 10.5 Å². The van der Waals surface area contributed by atoms with Crippen molar-refractivity contribution in [2.75, 3.05) is 20.2 Å². The maximum absolute atomic E-state index is 13.0. The van der Waals surface area contributed by atoms with E-state index < -0.39 is 0 Å². The highest BCUT2D eigenvalue weighted by molar-refractivity contribution is 5.25. The van der Waals surface area contributed by atoms with Gasteiger partial charge in [-0.1, -0.05) is 0 Å². The number of aromatic nitrogens is 1. The molecule has 0 aliphatic carbocycles. The van der Waals surface area contributed by atoms with Crippen LogP contribution in [0.2, 0.25) is 0 Å². The second kappa shape index (κ2) is 6.11. The molecule has 0 amide bonds. The van der Waals surface area contributed by atoms with Crippen LogP contribution in [0.25, 0.3) is 0 Å². The van der Waals surface area contributed by atoms with E-state index in [1.165, 1.54) is 18.9 Å². The van der Waals surface area contributed by atoms with Gasteiger partial charge in [-0.25, -0.2) is 9.37 Å². The van der Waals surface area contributed by atoms with E-state index >= 15 is 0 Å². The van der Waals surface area contributed by atoms with Crippen molar-refractivity contribution in [2.24, 2.45) is 5.73 Å². The Morgan fingerprint density at radius 2 is 2.44 bits per heavy atom. The third kappa shape index (κ3) is 3.17. The standard InChI is InChI=1S/C13H20FN3O/c1-17-5-2-3-12(17)4-6-18-13-10(8-15)7-11(14)9-16-13/h7,9,12H,2-6,8,15H2,1H3. The van der Waals surface area contributed by atoms with Crippen LogP contribution in [-0.2, 0) is 6.54 Å². The Kier molecular flexibility index (Phi) is 4.49. The number of likely N-dealkylation sites (tertiary alicyclic amines) is 1. The van der Waals surface area contributed by atoms with Gasteiger partial charge in [-0.05, 0) is 38.9 Å². The lowest BCUT2D eigenvalue weighted by atomic mass is 10.1. The van der Waals surface area contributed by atoms with Crippen LogP contribution in [0.4, 0.5) is 4.39 Å². The molecule has 1 aromatic rings. The van der Waals surface area contributed by atoms with Gasteiger partial charge >= 0.3 is 0 Å². The Morgan fingerprint density at radius 3 is 3.11 bits per heavy atom. The molecule has 1 aliphatic heterocycles. The van der Waals surface area contributed by atoms with Gasteiger partial charge in [0.2, 0.25) is 5.88 Å². The molecule has 5 heteroatoms. The Bertz CT molecular complexity index is 400. The molecule has 4 nitrogen and oxygen atoms in total. The van der Waals surface area contributed by atoms with Gasteiger partial charge in [0.15, 0.2) is 0 Å². The largest absolute Gasteiger partial charge is 0.477 e. The van der Waals surface area contributed by atoms with Crippen molar-refractivity contribution in [3.8, 4) is 5.88 Å². The second-order valence-electron chi connectivity index (χ2n) is 4.74. The van der Waals surface area contributed by atoms with Crippen molar-refractivity contribution < 1.29 is 9.13 Å². The summed E-state index contributed by atoms with van der Waals surface area (Å²) in [6, 6.07) is 1.97. The molecule has 0 radical (unpaired) electrons. The first-order valence-corrected chi connectivity index (χ1v) is 6.38. The molecule has 0 saturated carbocycles. The van der Waals surface area contributed by atoms with Crippen LogP contribution in [0.15, 0.2) is 12.3 Å². The molecule has 1 fully saturated rings. The molecule has 0 bridgehead atoms. The fourth-order valence-corrected chi connectivity index (χ4v) is 2.38. The molecular weight excluding hydrogens is 233 g/mol. The first-order chi connectivity index (χ1) is 8.70. The topological polar surface area (TPSA) is 51.4 Å². The van der Waals surface area contributed by atoms with E-state index in [0.29, 0.717) is 24.1 Å². The molecule has 2 heterocycles. The van der Waals surface area contributed by atoms with Gasteiger partial charge in [-0.15, -0.1) is 0 Å². The van der Waals surface area contributed by atoms with Crippen LogP contribution < -0.4 is 10.5 Å². The summed E-state index contributed by atoms with van der Waals surface area (Å²) in [5, 5.41) is 0. The van der Waals surface area contributed by atoms with Gasteiger partial charge in [0.25, 0.3) is 0 Å². The average Bonchev–Trinajstić information content (AvgIpc) is 2.77. The Morgan fingerprint density at radius 1 is 1.61 bits per heavy atom. The van der Waals surface area contributed by atoms with Gasteiger partial charge in [0.1, 0.15) is 5.82 Å². The van der Waals surface area contributed by atoms with Gasteiger partial charge in [0.05, 0.1) is 12.8 Å². The first-order valence-electron chi connectivity index (χ1n) is 6.38. The summed E-state index contributed by atoms with van der Waals surface area (Å²) in [5.74, 6) is 0.0814. The number of ether oxygens (including phenoxy) is 1. The molecule has 1 atom stereocenters. The van der Waals surface area contributed by atoms with Gasteiger partial charge in [0, 0.05) is 18.2 Å². The summed E-state index contributed by atoms with van der Waals surface area (Å²) in [7, 11) is 2.14. The number of hydrogen-bond donors (Lipinski definition) is 1. The van der Waals surface area contributed by atoms with E-state index in [-0.39, 0.29) is 12.4 Å². The summed E-state index contributed by atoms with van der Waals surface area (Å²) in [6.07, 6.45) is 4.61. The molecule has 1 aromatic heterocycles. The summed E-state index contributed by atoms with van der Waals surface area (Å²) < 4.78 is 18.6. The van der Waals surface area contributed by atoms with E-state index in [0.717, 1.165) is 19.2 Å².